The summed E-state index contributed by atoms with van der Waals surface area (Å²) in [6, 6.07) is 12.3. The van der Waals surface area contributed by atoms with Gasteiger partial charge in [0.05, 0.1) is 30.2 Å². The number of methoxy groups -OCH3 is 1. The molecule has 1 fully saturated rings. The minimum Gasteiger partial charge on any atom is -0.453 e. The number of hydrogen-bond donors (Lipinski definition) is 2. The smallest absolute Gasteiger partial charge is 0.453 e. The fraction of sp³-hybridized carbons (Fsp3) is 0.345. The van der Waals surface area contributed by atoms with Crippen LogP contribution >= 0.6 is 0 Å². The molecule has 9 nitrogen and oxygen atoms in total. The Hall–Kier alpha value is -3.96. The van der Waals surface area contributed by atoms with E-state index in [1.807, 2.05) is 45.9 Å². The van der Waals surface area contributed by atoms with E-state index in [9.17, 15) is 9.59 Å². The molecule has 3 heterocycles. The number of alkyl carbamates (subject to hydrolysis) is 1. The number of halogens is 1. The molecule has 0 saturated carbocycles. The van der Waals surface area contributed by atoms with E-state index in [0.717, 1.165) is 0 Å². The Morgan fingerprint density at radius 2 is 1.85 bits per heavy atom. The van der Waals surface area contributed by atoms with Gasteiger partial charge < -0.3 is 29.2 Å². The van der Waals surface area contributed by atoms with Crippen molar-refractivity contribution >= 4 is 24.6 Å². The van der Waals surface area contributed by atoms with E-state index in [2.05, 4.69) is 15.3 Å². The van der Waals surface area contributed by atoms with Crippen molar-refractivity contribution in [2.45, 2.75) is 51.0 Å². The van der Waals surface area contributed by atoms with Crippen LogP contribution in [0.3, 0.4) is 0 Å². The maximum Gasteiger partial charge on any atom is 0.494 e. The van der Waals surface area contributed by atoms with E-state index in [1.165, 1.54) is 13.2 Å². The van der Waals surface area contributed by atoms with Gasteiger partial charge >= 0.3 is 13.2 Å². The molecule has 2 atom stereocenters. The predicted octanol–water partition coefficient (Wildman–Crippen LogP) is 4.05. The number of hydrogen-bond acceptors (Lipinski definition) is 6. The minimum absolute atomic E-state index is 0.322. The Morgan fingerprint density at radius 3 is 2.50 bits per heavy atom. The first-order chi connectivity index (χ1) is 19.0. The summed E-state index contributed by atoms with van der Waals surface area (Å²) in [4.78, 5) is 34.9. The number of carbonyl (C=O) groups is 2. The lowest BCUT2D eigenvalue weighted by Crippen LogP contribution is -2.43. The number of aromatic amines is 1. The highest BCUT2D eigenvalue weighted by Gasteiger charge is 2.51. The lowest BCUT2D eigenvalue weighted by molar-refractivity contribution is -0.134. The van der Waals surface area contributed by atoms with E-state index in [0.29, 0.717) is 34.7 Å². The molecule has 2 aliphatic heterocycles. The highest BCUT2D eigenvalue weighted by atomic mass is 19.1. The van der Waals surface area contributed by atoms with Gasteiger partial charge in [-0.3, -0.25) is 4.79 Å². The van der Waals surface area contributed by atoms with Crippen LogP contribution in [0.15, 0.2) is 66.9 Å². The van der Waals surface area contributed by atoms with Crippen LogP contribution in [0.1, 0.15) is 51.2 Å². The van der Waals surface area contributed by atoms with Gasteiger partial charge in [0.1, 0.15) is 23.7 Å². The van der Waals surface area contributed by atoms with Crippen molar-refractivity contribution in [3.05, 3.63) is 84.1 Å². The predicted molar refractivity (Wildman–Crippen MR) is 148 cm³/mol. The van der Waals surface area contributed by atoms with Gasteiger partial charge in [0.15, 0.2) is 0 Å². The largest absolute Gasteiger partial charge is 0.494 e. The maximum atomic E-state index is 15.3. The lowest BCUT2D eigenvalue weighted by Gasteiger charge is -2.32. The summed E-state index contributed by atoms with van der Waals surface area (Å²) >= 11 is 0. The summed E-state index contributed by atoms with van der Waals surface area (Å²) in [5.74, 6) is -0.317. The zero-order valence-electron chi connectivity index (χ0n) is 23.1. The number of nitrogens with one attached hydrogen (secondary N) is 2. The minimum atomic E-state index is -0.953. The van der Waals surface area contributed by atoms with Crippen LogP contribution < -0.4 is 10.8 Å². The van der Waals surface area contributed by atoms with Gasteiger partial charge in [-0.05, 0) is 44.8 Å². The summed E-state index contributed by atoms with van der Waals surface area (Å²) < 4.78 is 32.2. The fourth-order valence-corrected chi connectivity index (χ4v) is 4.76. The van der Waals surface area contributed by atoms with Crippen LogP contribution in [0.4, 0.5) is 9.18 Å². The van der Waals surface area contributed by atoms with Gasteiger partial charge in [0, 0.05) is 12.1 Å². The van der Waals surface area contributed by atoms with Gasteiger partial charge in [0.2, 0.25) is 0 Å². The SMILES string of the molecule is COC(=O)N[C@@H](C(=O)N1CC=CC1c1ncc(-c2ccc(B3OC(C)(C)C(C)(C)O3)cc2F)[nH]1)c1ccccc1. The third-order valence-electron chi connectivity index (χ3n) is 7.75. The Labute approximate surface area is 232 Å². The number of imidazole rings is 1. The van der Waals surface area contributed by atoms with Gasteiger partial charge in [-0.1, -0.05) is 54.6 Å². The van der Waals surface area contributed by atoms with Crippen molar-refractivity contribution in [3.8, 4) is 11.3 Å². The summed E-state index contributed by atoms with van der Waals surface area (Å²) in [7, 11) is 0.568. The van der Waals surface area contributed by atoms with Crippen LogP contribution in [-0.4, -0.2) is 58.8 Å². The molecule has 1 unspecified atom stereocenters. The van der Waals surface area contributed by atoms with Gasteiger partial charge in [-0.15, -0.1) is 0 Å². The highest BCUT2D eigenvalue weighted by molar-refractivity contribution is 6.62. The second-order valence-electron chi connectivity index (χ2n) is 10.9. The Morgan fingerprint density at radius 1 is 1.15 bits per heavy atom. The lowest BCUT2D eigenvalue weighted by atomic mass is 9.78. The molecule has 0 aliphatic carbocycles. The first kappa shape index (κ1) is 27.6. The maximum absolute atomic E-state index is 15.3. The summed E-state index contributed by atoms with van der Waals surface area (Å²) in [6.45, 7) is 8.11. The van der Waals surface area contributed by atoms with E-state index >= 15 is 4.39 Å². The molecular weight excluding hydrogens is 514 g/mol. The Balaban J connectivity index is 1.36. The molecule has 3 aromatic rings. The molecule has 40 heavy (non-hydrogen) atoms. The third kappa shape index (κ3) is 5.14. The highest BCUT2D eigenvalue weighted by Crippen LogP contribution is 2.37. The molecule has 208 valence electrons. The van der Waals surface area contributed by atoms with Crippen LogP contribution in [0, 0.1) is 5.82 Å². The monoisotopic (exact) mass is 546 g/mol. The molecule has 0 bridgehead atoms. The first-order valence-corrected chi connectivity index (χ1v) is 13.1. The number of H-pyrrole nitrogens is 1. The molecule has 5 rings (SSSR count). The van der Waals surface area contributed by atoms with Crippen LogP contribution in [0.5, 0.6) is 0 Å². The first-order valence-electron chi connectivity index (χ1n) is 13.1. The zero-order chi connectivity index (χ0) is 28.7. The second kappa shape index (κ2) is 10.6. The number of benzene rings is 2. The third-order valence-corrected chi connectivity index (χ3v) is 7.75. The molecule has 2 aromatic carbocycles. The molecule has 2 N–H and O–H groups in total. The number of carbonyl (C=O) groups excluding carboxylic acids is 2. The van der Waals surface area contributed by atoms with E-state index in [1.54, 1.807) is 47.5 Å². The van der Waals surface area contributed by atoms with Gasteiger partial charge in [-0.2, -0.15) is 0 Å². The molecule has 2 amide bonds. The van der Waals surface area contributed by atoms with Crippen molar-refractivity contribution in [2.24, 2.45) is 0 Å². The molecule has 11 heteroatoms. The van der Waals surface area contributed by atoms with Crippen LogP contribution in [-0.2, 0) is 18.8 Å². The van der Waals surface area contributed by atoms with Crippen LogP contribution in [0.2, 0.25) is 0 Å². The van der Waals surface area contributed by atoms with E-state index < -0.39 is 42.3 Å². The Bertz CT molecular complexity index is 1430. The van der Waals surface area contributed by atoms with E-state index in [-0.39, 0.29) is 5.91 Å². The fourth-order valence-electron chi connectivity index (χ4n) is 4.76. The number of nitrogens with zero attached hydrogens (tertiary/aromatic N) is 2. The molecule has 2 aliphatic rings. The average Bonchev–Trinajstić information content (AvgIpc) is 3.65. The summed E-state index contributed by atoms with van der Waals surface area (Å²) in [5, 5.41) is 2.63. The zero-order valence-corrected chi connectivity index (χ0v) is 23.1. The second-order valence-corrected chi connectivity index (χ2v) is 10.9. The van der Waals surface area contributed by atoms with Crippen molar-refractivity contribution < 1.29 is 28.0 Å². The number of amides is 2. The Kier molecular flexibility index (Phi) is 7.28. The molecular formula is C29H32BFN4O5. The standard InChI is InChI=1S/C29H32BFN4O5/c1-28(2)29(3,4)40-30(39-28)19-13-14-20(21(31)16-19)22-17-32-25(33-22)23-12-9-15-35(23)26(36)24(34-27(37)38-5)18-10-7-6-8-11-18/h6-14,16-17,23-24H,15H2,1-5H3,(H,32,33)(H,34,37)/t23?,24-/m1/s1. The number of ether oxygens (including phenoxy) is 1. The topological polar surface area (TPSA) is 106 Å². The quantitative estimate of drug-likeness (QED) is 0.357. The molecule has 1 aromatic heterocycles. The van der Waals surface area contributed by atoms with Crippen molar-refractivity contribution in [1.82, 2.24) is 20.2 Å². The number of aromatic nitrogens is 2. The van der Waals surface area contributed by atoms with Gasteiger partial charge in [0.25, 0.3) is 5.91 Å². The van der Waals surface area contributed by atoms with Crippen LogP contribution in [0.25, 0.3) is 11.3 Å². The normalized spacial score (nSPS) is 20.0. The summed E-state index contributed by atoms with van der Waals surface area (Å²) in [6.07, 6.45) is 4.52. The van der Waals surface area contributed by atoms with Gasteiger partial charge in [-0.25, -0.2) is 14.2 Å². The van der Waals surface area contributed by atoms with E-state index in [4.69, 9.17) is 14.0 Å². The van der Waals surface area contributed by atoms with Crippen molar-refractivity contribution in [3.63, 3.8) is 0 Å². The van der Waals surface area contributed by atoms with Crippen molar-refractivity contribution in [2.75, 3.05) is 13.7 Å². The molecule has 1 saturated heterocycles. The summed E-state index contributed by atoms with van der Waals surface area (Å²) in [5.41, 5.74) is 0.930. The number of rotatable bonds is 6. The molecule has 0 spiro atoms. The molecule has 0 radical (unpaired) electrons. The average molecular weight is 546 g/mol. The van der Waals surface area contributed by atoms with Crippen molar-refractivity contribution in [1.29, 1.82) is 0 Å².